The molecule has 0 heterocycles. The van der Waals surface area contributed by atoms with Crippen LogP contribution in [0.25, 0.3) is 0 Å². The summed E-state index contributed by atoms with van der Waals surface area (Å²) < 4.78 is 32.1. The van der Waals surface area contributed by atoms with Crippen LogP contribution in [0.1, 0.15) is 19.4 Å². The molecule has 5 heteroatoms. The lowest BCUT2D eigenvalue weighted by atomic mass is 10.2. The van der Waals surface area contributed by atoms with Gasteiger partial charge in [-0.3, -0.25) is 0 Å². The van der Waals surface area contributed by atoms with E-state index in [2.05, 4.69) is 5.32 Å². The fourth-order valence-electron chi connectivity index (χ4n) is 1.33. The maximum atomic E-state index is 13.6. The molecule has 1 atom stereocenters. The normalized spacial score (nSPS) is 12.5. The fraction of sp³-hybridized carbons (Fsp3) is 0.500. The standard InChI is InChI=1S/C12H17F2NO2/c1-3-15-6-9-4-10(13)12(11(14)5-9)17-8(2)7-16/h4-5,8,15-16H,3,6-7H2,1-2H3. The van der Waals surface area contributed by atoms with Gasteiger partial charge in [0, 0.05) is 6.54 Å². The van der Waals surface area contributed by atoms with Crippen LogP contribution in [0.3, 0.4) is 0 Å². The maximum Gasteiger partial charge on any atom is 0.191 e. The molecule has 0 aliphatic rings. The van der Waals surface area contributed by atoms with E-state index in [0.29, 0.717) is 12.1 Å². The molecular weight excluding hydrogens is 228 g/mol. The summed E-state index contributed by atoms with van der Waals surface area (Å²) in [7, 11) is 0. The van der Waals surface area contributed by atoms with Crippen LogP contribution in [0.5, 0.6) is 5.75 Å². The highest BCUT2D eigenvalue weighted by atomic mass is 19.1. The highest BCUT2D eigenvalue weighted by molar-refractivity contribution is 5.31. The van der Waals surface area contributed by atoms with E-state index in [1.807, 2.05) is 6.92 Å². The molecule has 17 heavy (non-hydrogen) atoms. The summed E-state index contributed by atoms with van der Waals surface area (Å²) in [6, 6.07) is 2.45. The van der Waals surface area contributed by atoms with Gasteiger partial charge in [0.2, 0.25) is 0 Å². The van der Waals surface area contributed by atoms with E-state index in [1.54, 1.807) is 0 Å². The van der Waals surface area contributed by atoms with Crippen LogP contribution in [0.4, 0.5) is 8.78 Å². The van der Waals surface area contributed by atoms with Crippen LogP contribution in [-0.2, 0) is 6.54 Å². The molecule has 1 aromatic rings. The van der Waals surface area contributed by atoms with Gasteiger partial charge >= 0.3 is 0 Å². The molecule has 1 rings (SSSR count). The molecule has 0 spiro atoms. The number of nitrogens with one attached hydrogen (secondary N) is 1. The van der Waals surface area contributed by atoms with E-state index in [9.17, 15) is 8.78 Å². The first-order valence-electron chi connectivity index (χ1n) is 5.54. The third kappa shape index (κ3) is 3.94. The average molecular weight is 245 g/mol. The number of rotatable bonds is 6. The predicted octanol–water partition coefficient (Wildman–Crippen LogP) is 1.83. The van der Waals surface area contributed by atoms with E-state index < -0.39 is 23.5 Å². The van der Waals surface area contributed by atoms with Crippen molar-refractivity contribution in [3.63, 3.8) is 0 Å². The lowest BCUT2D eigenvalue weighted by Gasteiger charge is -2.14. The minimum absolute atomic E-state index is 0.294. The molecule has 0 fully saturated rings. The Balaban J connectivity index is 2.86. The summed E-state index contributed by atoms with van der Waals surface area (Å²) in [4.78, 5) is 0. The van der Waals surface area contributed by atoms with Gasteiger partial charge in [0.1, 0.15) is 6.10 Å². The second-order valence-corrected chi connectivity index (χ2v) is 3.78. The largest absolute Gasteiger partial charge is 0.482 e. The summed E-state index contributed by atoms with van der Waals surface area (Å²) in [5.74, 6) is -1.94. The number of ether oxygens (including phenoxy) is 1. The van der Waals surface area contributed by atoms with Gasteiger partial charge in [-0.05, 0) is 31.2 Å². The molecule has 0 aliphatic heterocycles. The Hall–Kier alpha value is -1.20. The Kier molecular flexibility index (Phi) is 5.31. The minimum atomic E-state index is -0.752. The van der Waals surface area contributed by atoms with E-state index in [0.717, 1.165) is 6.54 Å². The molecule has 96 valence electrons. The van der Waals surface area contributed by atoms with Gasteiger partial charge < -0.3 is 15.2 Å². The molecule has 0 saturated carbocycles. The molecule has 1 unspecified atom stereocenters. The molecule has 0 aliphatic carbocycles. The zero-order valence-electron chi connectivity index (χ0n) is 9.96. The Morgan fingerprint density at radius 3 is 2.41 bits per heavy atom. The molecule has 2 N–H and O–H groups in total. The lowest BCUT2D eigenvalue weighted by Crippen LogP contribution is -2.18. The molecule has 0 amide bonds. The van der Waals surface area contributed by atoms with Crippen LogP contribution < -0.4 is 10.1 Å². The average Bonchev–Trinajstić information content (AvgIpc) is 2.30. The lowest BCUT2D eigenvalue weighted by molar-refractivity contribution is 0.120. The van der Waals surface area contributed by atoms with Gasteiger partial charge in [-0.25, -0.2) is 8.78 Å². The van der Waals surface area contributed by atoms with Gasteiger partial charge in [0.25, 0.3) is 0 Å². The fourth-order valence-corrected chi connectivity index (χ4v) is 1.33. The highest BCUT2D eigenvalue weighted by Gasteiger charge is 2.15. The quantitative estimate of drug-likeness (QED) is 0.803. The smallest absolute Gasteiger partial charge is 0.191 e. The maximum absolute atomic E-state index is 13.6. The van der Waals surface area contributed by atoms with Crippen LogP contribution in [0, 0.1) is 11.6 Å². The van der Waals surface area contributed by atoms with Gasteiger partial charge in [-0.15, -0.1) is 0 Å². The second-order valence-electron chi connectivity index (χ2n) is 3.78. The minimum Gasteiger partial charge on any atom is -0.482 e. The Morgan fingerprint density at radius 1 is 1.35 bits per heavy atom. The summed E-state index contributed by atoms with van der Waals surface area (Å²) in [5.41, 5.74) is 0.519. The van der Waals surface area contributed by atoms with Crippen molar-refractivity contribution in [1.29, 1.82) is 0 Å². The molecule has 3 nitrogen and oxygen atoms in total. The van der Waals surface area contributed by atoms with Crippen molar-refractivity contribution in [2.45, 2.75) is 26.5 Å². The van der Waals surface area contributed by atoms with Crippen molar-refractivity contribution in [3.8, 4) is 5.75 Å². The van der Waals surface area contributed by atoms with E-state index in [4.69, 9.17) is 9.84 Å². The van der Waals surface area contributed by atoms with Crippen molar-refractivity contribution < 1.29 is 18.6 Å². The third-order valence-corrected chi connectivity index (χ3v) is 2.21. The molecular formula is C12H17F2NO2. The third-order valence-electron chi connectivity index (χ3n) is 2.21. The SMILES string of the molecule is CCNCc1cc(F)c(OC(C)CO)c(F)c1. The van der Waals surface area contributed by atoms with Crippen LogP contribution in [-0.4, -0.2) is 24.4 Å². The first-order valence-corrected chi connectivity index (χ1v) is 5.54. The summed E-state index contributed by atoms with van der Waals surface area (Å²) in [6.45, 7) is 4.28. The van der Waals surface area contributed by atoms with Crippen LogP contribution in [0.2, 0.25) is 0 Å². The van der Waals surface area contributed by atoms with E-state index in [-0.39, 0.29) is 6.61 Å². The highest BCUT2D eigenvalue weighted by Crippen LogP contribution is 2.24. The predicted molar refractivity (Wildman–Crippen MR) is 60.9 cm³/mol. The Labute approximate surface area is 99.4 Å². The van der Waals surface area contributed by atoms with Gasteiger partial charge in [-0.2, -0.15) is 0 Å². The zero-order chi connectivity index (χ0) is 12.8. The molecule has 0 radical (unpaired) electrons. The van der Waals surface area contributed by atoms with E-state index >= 15 is 0 Å². The summed E-state index contributed by atoms with van der Waals surface area (Å²) >= 11 is 0. The number of halogens is 2. The molecule has 1 aromatic carbocycles. The molecule has 0 aromatic heterocycles. The zero-order valence-corrected chi connectivity index (χ0v) is 9.96. The number of hydrogen-bond donors (Lipinski definition) is 2. The van der Waals surface area contributed by atoms with Crippen molar-refractivity contribution >= 4 is 0 Å². The van der Waals surface area contributed by atoms with Gasteiger partial charge in [0.05, 0.1) is 6.61 Å². The first-order chi connectivity index (χ1) is 8.08. The summed E-state index contributed by atoms with van der Waals surface area (Å²) in [5, 5.41) is 11.7. The van der Waals surface area contributed by atoms with E-state index in [1.165, 1.54) is 19.1 Å². The van der Waals surface area contributed by atoms with Gasteiger partial charge in [-0.1, -0.05) is 6.92 Å². The van der Waals surface area contributed by atoms with Crippen molar-refractivity contribution in [3.05, 3.63) is 29.3 Å². The molecule has 0 bridgehead atoms. The van der Waals surface area contributed by atoms with Crippen molar-refractivity contribution in [2.75, 3.05) is 13.2 Å². The number of benzene rings is 1. The monoisotopic (exact) mass is 245 g/mol. The Bertz CT molecular complexity index is 349. The van der Waals surface area contributed by atoms with Crippen molar-refractivity contribution in [1.82, 2.24) is 5.32 Å². The van der Waals surface area contributed by atoms with Crippen LogP contribution >= 0.6 is 0 Å². The number of hydrogen-bond acceptors (Lipinski definition) is 3. The number of aliphatic hydroxyl groups excluding tert-OH is 1. The summed E-state index contributed by atoms with van der Waals surface area (Å²) in [6.07, 6.45) is -0.640. The molecule has 0 saturated heterocycles. The van der Waals surface area contributed by atoms with Crippen molar-refractivity contribution in [2.24, 2.45) is 0 Å². The van der Waals surface area contributed by atoms with Gasteiger partial charge in [0.15, 0.2) is 17.4 Å². The number of aliphatic hydroxyl groups is 1. The topological polar surface area (TPSA) is 41.5 Å². The van der Waals surface area contributed by atoms with Crippen LogP contribution in [0.15, 0.2) is 12.1 Å². The first kappa shape index (κ1) is 13.9. The second kappa shape index (κ2) is 6.51. The Morgan fingerprint density at radius 2 is 1.94 bits per heavy atom.